The van der Waals surface area contributed by atoms with Crippen molar-refractivity contribution < 1.29 is 9.90 Å². The third kappa shape index (κ3) is 1.17. The van der Waals surface area contributed by atoms with Gasteiger partial charge in [0.05, 0.1) is 11.1 Å². The Labute approximate surface area is 87.3 Å². The van der Waals surface area contributed by atoms with Crippen LogP contribution < -0.4 is 10.6 Å². The molecule has 1 aliphatic heterocycles. The number of amides is 1. The maximum absolute atomic E-state index is 11.8. The molecule has 0 atom stereocenters. The highest BCUT2D eigenvalue weighted by molar-refractivity contribution is 6.02. The van der Waals surface area contributed by atoms with Crippen molar-refractivity contribution in [1.29, 1.82) is 0 Å². The lowest BCUT2D eigenvalue weighted by Gasteiger charge is -2.09. The van der Waals surface area contributed by atoms with Crippen LogP contribution in [0.3, 0.4) is 0 Å². The number of nitrogens with one attached hydrogen (secondary N) is 2. The predicted octanol–water partition coefficient (Wildman–Crippen LogP) is 1.54. The zero-order valence-electron chi connectivity index (χ0n) is 8.21. The van der Waals surface area contributed by atoms with Crippen LogP contribution in [-0.4, -0.2) is 17.6 Å². The van der Waals surface area contributed by atoms with Crippen molar-refractivity contribution in [2.75, 3.05) is 17.2 Å². The van der Waals surface area contributed by atoms with Gasteiger partial charge in [-0.25, -0.2) is 0 Å². The van der Waals surface area contributed by atoms with Gasteiger partial charge in [-0.05, 0) is 25.0 Å². The Balaban J connectivity index is 2.04. The molecule has 0 saturated heterocycles. The van der Waals surface area contributed by atoms with E-state index in [2.05, 4.69) is 10.6 Å². The number of carbonyl (C=O) groups is 1. The molecule has 1 aromatic rings. The Hall–Kier alpha value is -1.71. The molecule has 1 spiro atoms. The Bertz CT molecular complexity index is 438. The fourth-order valence-electron chi connectivity index (χ4n) is 1.98. The lowest BCUT2D eigenvalue weighted by molar-refractivity contribution is -0.120. The number of benzene rings is 1. The third-order valence-corrected chi connectivity index (χ3v) is 3.23. The van der Waals surface area contributed by atoms with E-state index >= 15 is 0 Å². The number of anilines is 2. The first kappa shape index (κ1) is 8.59. The van der Waals surface area contributed by atoms with E-state index in [4.69, 9.17) is 0 Å². The zero-order valence-corrected chi connectivity index (χ0v) is 8.21. The van der Waals surface area contributed by atoms with Crippen LogP contribution in [0, 0.1) is 5.41 Å². The summed E-state index contributed by atoms with van der Waals surface area (Å²) in [4.78, 5) is 11.8. The third-order valence-electron chi connectivity index (χ3n) is 3.23. The van der Waals surface area contributed by atoms with Gasteiger partial charge in [-0.1, -0.05) is 6.07 Å². The molecule has 3 rings (SSSR count). The first-order valence-corrected chi connectivity index (χ1v) is 5.09. The van der Waals surface area contributed by atoms with Crippen molar-refractivity contribution in [2.45, 2.75) is 12.8 Å². The lowest BCUT2D eigenvalue weighted by Crippen LogP contribution is -2.27. The average Bonchev–Trinajstić information content (AvgIpc) is 2.98. The van der Waals surface area contributed by atoms with Gasteiger partial charge < -0.3 is 15.7 Å². The minimum absolute atomic E-state index is 0.0688. The fraction of sp³-hybridized carbons (Fsp3) is 0.364. The number of para-hydroxylation sites is 1. The van der Waals surface area contributed by atoms with Gasteiger partial charge in [-0.2, -0.15) is 0 Å². The van der Waals surface area contributed by atoms with E-state index < -0.39 is 0 Å². The van der Waals surface area contributed by atoms with Gasteiger partial charge in [0.15, 0.2) is 0 Å². The Morgan fingerprint density at radius 3 is 2.87 bits per heavy atom. The SMILES string of the molecule is O=C1Nc2cccc(O)c2NCC12CC2. The van der Waals surface area contributed by atoms with Gasteiger partial charge in [0.25, 0.3) is 0 Å². The quantitative estimate of drug-likeness (QED) is 0.562. The molecule has 2 aliphatic rings. The van der Waals surface area contributed by atoms with Crippen LogP contribution in [0.4, 0.5) is 11.4 Å². The largest absolute Gasteiger partial charge is 0.506 e. The molecule has 0 aromatic heterocycles. The Kier molecular flexibility index (Phi) is 1.52. The molecule has 15 heavy (non-hydrogen) atoms. The molecular weight excluding hydrogens is 192 g/mol. The van der Waals surface area contributed by atoms with E-state index in [9.17, 15) is 9.90 Å². The summed E-state index contributed by atoms with van der Waals surface area (Å²) < 4.78 is 0. The number of hydrogen-bond acceptors (Lipinski definition) is 3. The van der Waals surface area contributed by atoms with Gasteiger partial charge in [-0.15, -0.1) is 0 Å². The topological polar surface area (TPSA) is 61.4 Å². The molecule has 78 valence electrons. The number of carbonyl (C=O) groups excluding carboxylic acids is 1. The second kappa shape index (κ2) is 2.66. The van der Waals surface area contributed by atoms with Crippen LogP contribution in [0.1, 0.15) is 12.8 Å². The average molecular weight is 204 g/mol. The van der Waals surface area contributed by atoms with E-state index in [1.54, 1.807) is 18.2 Å². The second-order valence-electron chi connectivity index (χ2n) is 4.29. The summed E-state index contributed by atoms with van der Waals surface area (Å²) >= 11 is 0. The van der Waals surface area contributed by atoms with E-state index in [1.807, 2.05) is 0 Å². The van der Waals surface area contributed by atoms with Crippen LogP contribution in [0.2, 0.25) is 0 Å². The number of phenols is 1. The highest BCUT2D eigenvalue weighted by Gasteiger charge is 2.50. The van der Waals surface area contributed by atoms with Crippen LogP contribution in [0.25, 0.3) is 0 Å². The standard InChI is InChI=1S/C11H12N2O2/c14-8-3-1-2-7-9(8)12-6-11(4-5-11)10(15)13-7/h1-3,12,14H,4-6H2,(H,13,15). The van der Waals surface area contributed by atoms with Crippen LogP contribution >= 0.6 is 0 Å². The van der Waals surface area contributed by atoms with Crippen LogP contribution in [-0.2, 0) is 4.79 Å². The minimum atomic E-state index is -0.231. The molecule has 1 saturated carbocycles. The molecule has 1 heterocycles. The van der Waals surface area contributed by atoms with Crippen molar-refractivity contribution in [3.63, 3.8) is 0 Å². The number of fused-ring (bicyclic) bond motifs is 1. The van der Waals surface area contributed by atoms with Crippen molar-refractivity contribution >= 4 is 17.3 Å². The van der Waals surface area contributed by atoms with Crippen molar-refractivity contribution in [2.24, 2.45) is 5.41 Å². The van der Waals surface area contributed by atoms with E-state index in [0.29, 0.717) is 17.9 Å². The molecular formula is C11H12N2O2. The summed E-state index contributed by atoms with van der Waals surface area (Å²) in [6.45, 7) is 0.614. The van der Waals surface area contributed by atoms with E-state index in [0.717, 1.165) is 12.8 Å². The molecule has 1 aliphatic carbocycles. The summed E-state index contributed by atoms with van der Waals surface area (Å²) in [5.74, 6) is 0.254. The first-order chi connectivity index (χ1) is 7.21. The van der Waals surface area contributed by atoms with Gasteiger partial charge in [-0.3, -0.25) is 4.79 Å². The second-order valence-corrected chi connectivity index (χ2v) is 4.29. The van der Waals surface area contributed by atoms with Crippen LogP contribution in [0.15, 0.2) is 18.2 Å². The van der Waals surface area contributed by atoms with Gasteiger partial charge in [0.1, 0.15) is 11.4 Å². The van der Waals surface area contributed by atoms with Gasteiger partial charge in [0.2, 0.25) is 5.91 Å². The Morgan fingerprint density at radius 1 is 1.33 bits per heavy atom. The summed E-state index contributed by atoms with van der Waals surface area (Å²) in [6.07, 6.45) is 1.86. The molecule has 4 heteroatoms. The summed E-state index contributed by atoms with van der Waals surface area (Å²) in [5, 5.41) is 15.6. The number of phenolic OH excluding ortho intramolecular Hbond substituents is 1. The summed E-state index contributed by atoms with van der Waals surface area (Å²) in [7, 11) is 0. The molecule has 1 fully saturated rings. The van der Waals surface area contributed by atoms with E-state index in [1.165, 1.54) is 0 Å². The molecule has 3 N–H and O–H groups in total. The number of hydrogen-bond donors (Lipinski definition) is 3. The normalized spacial score (nSPS) is 21.2. The van der Waals surface area contributed by atoms with Crippen molar-refractivity contribution in [1.82, 2.24) is 0 Å². The maximum atomic E-state index is 11.8. The molecule has 0 radical (unpaired) electrons. The molecule has 0 bridgehead atoms. The van der Waals surface area contributed by atoms with Gasteiger partial charge in [0, 0.05) is 6.54 Å². The number of aromatic hydroxyl groups is 1. The first-order valence-electron chi connectivity index (χ1n) is 5.09. The van der Waals surface area contributed by atoms with Gasteiger partial charge >= 0.3 is 0 Å². The van der Waals surface area contributed by atoms with Crippen LogP contribution in [0.5, 0.6) is 5.75 Å². The fourth-order valence-corrected chi connectivity index (χ4v) is 1.98. The molecule has 0 unspecified atom stereocenters. The van der Waals surface area contributed by atoms with Crippen molar-refractivity contribution in [3.05, 3.63) is 18.2 Å². The van der Waals surface area contributed by atoms with Crippen molar-refractivity contribution in [3.8, 4) is 5.75 Å². The smallest absolute Gasteiger partial charge is 0.232 e. The highest BCUT2D eigenvalue weighted by Crippen LogP contribution is 2.49. The van der Waals surface area contributed by atoms with E-state index in [-0.39, 0.29) is 17.1 Å². The molecule has 1 aromatic carbocycles. The maximum Gasteiger partial charge on any atom is 0.232 e. The minimum Gasteiger partial charge on any atom is -0.506 e. The summed E-state index contributed by atoms with van der Waals surface area (Å²) in [6, 6.07) is 5.13. The molecule has 1 amide bonds. The lowest BCUT2D eigenvalue weighted by atomic mass is 10.1. The number of rotatable bonds is 0. The predicted molar refractivity (Wildman–Crippen MR) is 56.9 cm³/mol. The highest BCUT2D eigenvalue weighted by atomic mass is 16.3. The monoisotopic (exact) mass is 204 g/mol. The Morgan fingerprint density at radius 2 is 2.13 bits per heavy atom. The summed E-state index contributed by atoms with van der Waals surface area (Å²) in [5.41, 5.74) is 1.07. The molecule has 4 nitrogen and oxygen atoms in total. The zero-order chi connectivity index (χ0) is 10.5.